The molecular weight excluding hydrogens is 246 g/mol. The van der Waals surface area contributed by atoms with E-state index in [2.05, 4.69) is 9.80 Å². The third kappa shape index (κ3) is 3.37. The molecule has 20 heavy (non-hydrogen) atoms. The number of hydrogen-bond donors (Lipinski definition) is 1. The van der Waals surface area contributed by atoms with Crippen LogP contribution in [0.3, 0.4) is 0 Å². The average Bonchev–Trinajstić information content (AvgIpc) is 2.97. The molecule has 1 saturated carbocycles. The maximum absolute atomic E-state index is 6.16. The lowest BCUT2D eigenvalue weighted by Crippen LogP contribution is -2.45. The first-order chi connectivity index (χ1) is 9.81. The Morgan fingerprint density at radius 3 is 2.30 bits per heavy atom. The fraction of sp³-hybridized carbons (Fsp3) is 1.00. The van der Waals surface area contributed by atoms with Gasteiger partial charge in [-0.05, 0) is 63.7 Å². The number of hydrogen-bond acceptors (Lipinski definition) is 3. The fourth-order valence-electron chi connectivity index (χ4n) is 4.74. The van der Waals surface area contributed by atoms with Gasteiger partial charge in [-0.2, -0.15) is 0 Å². The Kier molecular flexibility index (Phi) is 5.00. The quantitative estimate of drug-likeness (QED) is 0.858. The van der Waals surface area contributed by atoms with Crippen LogP contribution in [0.1, 0.15) is 57.8 Å². The summed E-state index contributed by atoms with van der Waals surface area (Å²) in [5.41, 5.74) is 6.61. The molecule has 3 fully saturated rings. The molecule has 2 N–H and O–H groups in total. The number of nitrogens with zero attached hydrogens (tertiary/aromatic N) is 2. The molecular formula is C17H33N3. The van der Waals surface area contributed by atoms with E-state index in [1.165, 1.54) is 90.5 Å². The highest BCUT2D eigenvalue weighted by molar-refractivity contribution is 4.91. The standard InChI is InChI=1S/C17H33N3/c18-14-17(8-3-1-4-9-17)15-19-12-7-16(13-19)20-10-5-2-6-11-20/h16H,1-15,18H2. The zero-order valence-electron chi connectivity index (χ0n) is 13.2. The van der Waals surface area contributed by atoms with Crippen LogP contribution in [-0.2, 0) is 0 Å². The first kappa shape index (κ1) is 14.8. The number of nitrogens with two attached hydrogens (primary N) is 1. The van der Waals surface area contributed by atoms with Gasteiger partial charge in [0.1, 0.15) is 0 Å². The van der Waals surface area contributed by atoms with E-state index >= 15 is 0 Å². The third-order valence-electron chi connectivity index (χ3n) is 6.06. The van der Waals surface area contributed by atoms with Gasteiger partial charge in [0.25, 0.3) is 0 Å². The Bertz CT molecular complexity index is 293. The lowest BCUT2D eigenvalue weighted by atomic mass is 9.74. The van der Waals surface area contributed by atoms with Crippen molar-refractivity contribution in [3.8, 4) is 0 Å². The van der Waals surface area contributed by atoms with E-state index in [1.807, 2.05) is 0 Å². The van der Waals surface area contributed by atoms with E-state index in [4.69, 9.17) is 5.73 Å². The van der Waals surface area contributed by atoms with Gasteiger partial charge in [-0.25, -0.2) is 0 Å². The summed E-state index contributed by atoms with van der Waals surface area (Å²) in [5, 5.41) is 0. The molecule has 0 aromatic rings. The summed E-state index contributed by atoms with van der Waals surface area (Å²) in [7, 11) is 0. The van der Waals surface area contributed by atoms with Crippen molar-refractivity contribution >= 4 is 0 Å². The van der Waals surface area contributed by atoms with Gasteiger partial charge >= 0.3 is 0 Å². The molecule has 0 spiro atoms. The molecule has 1 aliphatic carbocycles. The van der Waals surface area contributed by atoms with Crippen molar-refractivity contribution in [3.63, 3.8) is 0 Å². The number of likely N-dealkylation sites (tertiary alicyclic amines) is 2. The smallest absolute Gasteiger partial charge is 0.0235 e. The van der Waals surface area contributed by atoms with Gasteiger partial charge in [0.2, 0.25) is 0 Å². The predicted molar refractivity (Wildman–Crippen MR) is 84.8 cm³/mol. The molecule has 0 amide bonds. The molecule has 2 saturated heterocycles. The van der Waals surface area contributed by atoms with Crippen LogP contribution in [0.25, 0.3) is 0 Å². The van der Waals surface area contributed by atoms with Crippen molar-refractivity contribution in [2.45, 2.75) is 63.8 Å². The van der Waals surface area contributed by atoms with Crippen molar-refractivity contribution < 1.29 is 0 Å². The molecule has 3 heteroatoms. The largest absolute Gasteiger partial charge is 0.330 e. The molecule has 3 nitrogen and oxygen atoms in total. The Labute approximate surface area is 124 Å². The Morgan fingerprint density at radius 1 is 0.900 bits per heavy atom. The molecule has 0 aromatic carbocycles. The van der Waals surface area contributed by atoms with Crippen LogP contribution in [0.15, 0.2) is 0 Å². The summed E-state index contributed by atoms with van der Waals surface area (Å²) in [4.78, 5) is 5.50. The molecule has 1 atom stereocenters. The summed E-state index contributed by atoms with van der Waals surface area (Å²) in [6.45, 7) is 7.48. The predicted octanol–water partition coefficient (Wildman–Crippen LogP) is 2.46. The minimum atomic E-state index is 0.453. The first-order valence-corrected chi connectivity index (χ1v) is 8.98. The Morgan fingerprint density at radius 2 is 1.60 bits per heavy atom. The third-order valence-corrected chi connectivity index (χ3v) is 6.06. The molecule has 116 valence electrons. The summed E-state index contributed by atoms with van der Waals surface area (Å²) in [6, 6.07) is 0.841. The summed E-state index contributed by atoms with van der Waals surface area (Å²) >= 11 is 0. The van der Waals surface area contributed by atoms with Crippen molar-refractivity contribution in [2.75, 3.05) is 39.3 Å². The normalized spacial score (nSPS) is 32.5. The van der Waals surface area contributed by atoms with E-state index in [9.17, 15) is 0 Å². The second kappa shape index (κ2) is 6.76. The van der Waals surface area contributed by atoms with Crippen LogP contribution >= 0.6 is 0 Å². The molecule has 3 aliphatic rings. The van der Waals surface area contributed by atoms with Gasteiger partial charge in [-0.15, -0.1) is 0 Å². The maximum atomic E-state index is 6.16. The van der Waals surface area contributed by atoms with Gasteiger partial charge < -0.3 is 10.6 Å². The van der Waals surface area contributed by atoms with Crippen molar-refractivity contribution in [1.29, 1.82) is 0 Å². The van der Waals surface area contributed by atoms with E-state index in [-0.39, 0.29) is 0 Å². The van der Waals surface area contributed by atoms with Gasteiger partial charge in [-0.3, -0.25) is 4.90 Å². The van der Waals surface area contributed by atoms with Crippen LogP contribution in [-0.4, -0.2) is 55.1 Å². The van der Waals surface area contributed by atoms with Gasteiger partial charge in [0.05, 0.1) is 0 Å². The molecule has 2 aliphatic heterocycles. The molecule has 0 bridgehead atoms. The van der Waals surface area contributed by atoms with Crippen LogP contribution in [0.2, 0.25) is 0 Å². The number of rotatable bonds is 4. The summed E-state index contributed by atoms with van der Waals surface area (Å²) in [6.07, 6.45) is 12.7. The topological polar surface area (TPSA) is 32.5 Å². The minimum absolute atomic E-state index is 0.453. The lowest BCUT2D eigenvalue weighted by Gasteiger charge is -2.39. The highest BCUT2D eigenvalue weighted by atomic mass is 15.3. The minimum Gasteiger partial charge on any atom is -0.330 e. The van der Waals surface area contributed by atoms with E-state index in [0.717, 1.165) is 12.6 Å². The second-order valence-electron chi connectivity index (χ2n) is 7.54. The van der Waals surface area contributed by atoms with E-state index < -0.39 is 0 Å². The fourth-order valence-corrected chi connectivity index (χ4v) is 4.74. The zero-order chi connectivity index (χ0) is 13.8. The van der Waals surface area contributed by atoms with Gasteiger partial charge in [0.15, 0.2) is 0 Å². The van der Waals surface area contributed by atoms with Crippen molar-refractivity contribution in [1.82, 2.24) is 9.80 Å². The van der Waals surface area contributed by atoms with Crippen LogP contribution in [0.4, 0.5) is 0 Å². The average molecular weight is 279 g/mol. The van der Waals surface area contributed by atoms with E-state index in [0.29, 0.717) is 5.41 Å². The zero-order valence-corrected chi connectivity index (χ0v) is 13.2. The monoisotopic (exact) mass is 279 g/mol. The van der Waals surface area contributed by atoms with Crippen LogP contribution < -0.4 is 5.73 Å². The van der Waals surface area contributed by atoms with Crippen molar-refractivity contribution in [2.24, 2.45) is 11.1 Å². The highest BCUT2D eigenvalue weighted by Gasteiger charge is 2.36. The second-order valence-corrected chi connectivity index (χ2v) is 7.54. The summed E-state index contributed by atoms with van der Waals surface area (Å²) < 4.78 is 0. The van der Waals surface area contributed by atoms with Gasteiger partial charge in [-0.1, -0.05) is 25.7 Å². The maximum Gasteiger partial charge on any atom is 0.0235 e. The van der Waals surface area contributed by atoms with Gasteiger partial charge in [0, 0.05) is 19.1 Å². The number of piperidine rings is 1. The molecule has 0 radical (unpaired) electrons. The van der Waals surface area contributed by atoms with Crippen LogP contribution in [0, 0.1) is 5.41 Å². The molecule has 3 rings (SSSR count). The van der Waals surface area contributed by atoms with Crippen molar-refractivity contribution in [3.05, 3.63) is 0 Å². The summed E-state index contributed by atoms with van der Waals surface area (Å²) in [5.74, 6) is 0. The van der Waals surface area contributed by atoms with Crippen LogP contribution in [0.5, 0.6) is 0 Å². The first-order valence-electron chi connectivity index (χ1n) is 8.98. The van der Waals surface area contributed by atoms with E-state index in [1.54, 1.807) is 0 Å². The highest BCUT2D eigenvalue weighted by Crippen LogP contribution is 2.37. The lowest BCUT2D eigenvalue weighted by molar-refractivity contribution is 0.113. The SMILES string of the molecule is NCC1(CN2CCC(N3CCCCC3)C2)CCCCC1. The molecule has 0 aromatic heterocycles. The molecule has 2 heterocycles. The Balaban J connectivity index is 1.51. The molecule has 1 unspecified atom stereocenters. The Hall–Kier alpha value is -0.120.